The number of methoxy groups -OCH3 is 1. The van der Waals surface area contributed by atoms with Crippen molar-refractivity contribution in [3.63, 3.8) is 0 Å². The molecular weight excluding hydrogens is 286 g/mol. The number of aromatic nitrogens is 3. The molecule has 0 bridgehead atoms. The number of ether oxygens (including phenoxy) is 2. The minimum absolute atomic E-state index is 0.0375. The molecule has 0 saturated heterocycles. The van der Waals surface area contributed by atoms with E-state index < -0.39 is 0 Å². The molecule has 0 unspecified atom stereocenters. The summed E-state index contributed by atoms with van der Waals surface area (Å²) in [5.74, 6) is 0.192. The van der Waals surface area contributed by atoms with Crippen LogP contribution >= 0.6 is 11.6 Å². The van der Waals surface area contributed by atoms with E-state index in [-0.39, 0.29) is 29.6 Å². The first kappa shape index (κ1) is 16.4. The summed E-state index contributed by atoms with van der Waals surface area (Å²) in [7, 11) is 1.58. The summed E-state index contributed by atoms with van der Waals surface area (Å²) < 4.78 is 9.97. The van der Waals surface area contributed by atoms with Gasteiger partial charge in [-0.3, -0.25) is 4.79 Å². The lowest BCUT2D eigenvalue weighted by Gasteiger charge is -2.07. The van der Waals surface area contributed by atoms with Gasteiger partial charge in [-0.2, -0.15) is 15.0 Å². The average molecular weight is 304 g/mol. The summed E-state index contributed by atoms with van der Waals surface area (Å²) in [5.41, 5.74) is 0. The predicted molar refractivity (Wildman–Crippen MR) is 74.0 cm³/mol. The van der Waals surface area contributed by atoms with Crippen LogP contribution in [0.2, 0.25) is 5.28 Å². The fraction of sp³-hybridized carbons (Fsp3) is 0.636. The molecule has 9 heteroatoms. The van der Waals surface area contributed by atoms with Gasteiger partial charge in [-0.25, -0.2) is 0 Å². The van der Waals surface area contributed by atoms with Crippen LogP contribution in [0.15, 0.2) is 0 Å². The first-order chi connectivity index (χ1) is 9.65. The molecule has 1 heterocycles. The van der Waals surface area contributed by atoms with Crippen LogP contribution < -0.4 is 15.4 Å². The van der Waals surface area contributed by atoms with Crippen molar-refractivity contribution in [2.75, 3.05) is 38.7 Å². The third-order valence-electron chi connectivity index (χ3n) is 2.12. The second kappa shape index (κ2) is 9.27. The van der Waals surface area contributed by atoms with E-state index in [1.54, 1.807) is 7.11 Å². The Hall–Kier alpha value is -1.67. The predicted octanol–water partition coefficient (Wildman–Crippen LogP) is 0.488. The Bertz CT molecular complexity index is 433. The monoisotopic (exact) mass is 303 g/mol. The number of halogens is 1. The zero-order valence-electron chi connectivity index (χ0n) is 11.5. The Balaban J connectivity index is 2.36. The lowest BCUT2D eigenvalue weighted by molar-refractivity contribution is -0.121. The van der Waals surface area contributed by atoms with Crippen LogP contribution in [-0.4, -0.2) is 54.3 Å². The molecule has 0 fully saturated rings. The molecule has 0 spiro atoms. The van der Waals surface area contributed by atoms with Crippen molar-refractivity contribution < 1.29 is 14.3 Å². The fourth-order valence-corrected chi connectivity index (χ4v) is 1.43. The van der Waals surface area contributed by atoms with Crippen molar-refractivity contribution >= 4 is 23.5 Å². The summed E-state index contributed by atoms with van der Waals surface area (Å²) in [5, 5.41) is 5.63. The first-order valence-electron chi connectivity index (χ1n) is 6.19. The number of anilines is 1. The van der Waals surface area contributed by atoms with E-state index in [1.165, 1.54) is 0 Å². The number of carbonyl (C=O) groups is 1. The van der Waals surface area contributed by atoms with Gasteiger partial charge in [-0.1, -0.05) is 0 Å². The molecule has 0 aliphatic heterocycles. The minimum Gasteiger partial charge on any atom is -0.464 e. The van der Waals surface area contributed by atoms with Crippen molar-refractivity contribution in [1.29, 1.82) is 0 Å². The molecule has 112 valence electrons. The van der Waals surface area contributed by atoms with Crippen LogP contribution in [0.5, 0.6) is 6.01 Å². The number of amides is 1. The first-order valence-corrected chi connectivity index (χ1v) is 6.57. The Morgan fingerprint density at radius 1 is 1.30 bits per heavy atom. The third-order valence-corrected chi connectivity index (χ3v) is 2.29. The molecule has 1 rings (SSSR count). The van der Waals surface area contributed by atoms with Crippen LogP contribution in [0.4, 0.5) is 5.95 Å². The van der Waals surface area contributed by atoms with E-state index in [1.807, 2.05) is 6.92 Å². The second-order valence-corrected chi connectivity index (χ2v) is 4.00. The van der Waals surface area contributed by atoms with Gasteiger partial charge < -0.3 is 20.1 Å². The Kier molecular flexibility index (Phi) is 7.59. The van der Waals surface area contributed by atoms with E-state index >= 15 is 0 Å². The van der Waals surface area contributed by atoms with Gasteiger partial charge in [0, 0.05) is 26.6 Å². The number of carbonyl (C=O) groups excluding carboxylic acids is 1. The lowest BCUT2D eigenvalue weighted by atomic mass is 10.4. The van der Waals surface area contributed by atoms with Gasteiger partial charge in [0.2, 0.25) is 17.1 Å². The molecule has 1 aromatic heterocycles. The second-order valence-electron chi connectivity index (χ2n) is 3.66. The highest BCUT2D eigenvalue weighted by atomic mass is 35.5. The maximum absolute atomic E-state index is 11.4. The lowest BCUT2D eigenvalue weighted by Crippen LogP contribution is -2.28. The molecule has 1 aromatic rings. The summed E-state index contributed by atoms with van der Waals surface area (Å²) in [6, 6.07) is 0.152. The highest BCUT2D eigenvalue weighted by molar-refractivity contribution is 6.28. The van der Waals surface area contributed by atoms with Crippen molar-refractivity contribution in [2.45, 2.75) is 13.3 Å². The summed E-state index contributed by atoms with van der Waals surface area (Å²) in [6.45, 7) is 3.60. The largest absolute Gasteiger partial charge is 0.464 e. The van der Waals surface area contributed by atoms with Gasteiger partial charge in [0.15, 0.2) is 0 Å². The topological polar surface area (TPSA) is 98.3 Å². The number of hydrogen-bond acceptors (Lipinski definition) is 7. The van der Waals surface area contributed by atoms with E-state index in [4.69, 9.17) is 21.1 Å². The molecule has 1 amide bonds. The highest BCUT2D eigenvalue weighted by Gasteiger charge is 2.06. The quantitative estimate of drug-likeness (QED) is 0.640. The molecule has 0 saturated carbocycles. The van der Waals surface area contributed by atoms with Crippen LogP contribution in [-0.2, 0) is 9.53 Å². The van der Waals surface area contributed by atoms with E-state index in [9.17, 15) is 4.79 Å². The van der Waals surface area contributed by atoms with Crippen molar-refractivity contribution in [3.05, 3.63) is 5.28 Å². The van der Waals surface area contributed by atoms with E-state index in [2.05, 4.69) is 25.6 Å². The summed E-state index contributed by atoms with van der Waals surface area (Å²) >= 11 is 5.74. The van der Waals surface area contributed by atoms with Gasteiger partial charge in [0.1, 0.15) is 0 Å². The van der Waals surface area contributed by atoms with Gasteiger partial charge in [-0.15, -0.1) is 0 Å². The average Bonchev–Trinajstić information content (AvgIpc) is 2.39. The number of nitrogens with zero attached hydrogens (tertiary/aromatic N) is 3. The summed E-state index contributed by atoms with van der Waals surface area (Å²) in [4.78, 5) is 23.1. The maximum Gasteiger partial charge on any atom is 0.322 e. The van der Waals surface area contributed by atoms with Gasteiger partial charge in [0.05, 0.1) is 13.2 Å². The third kappa shape index (κ3) is 6.48. The smallest absolute Gasteiger partial charge is 0.322 e. The molecule has 0 aliphatic rings. The molecule has 0 aliphatic carbocycles. The van der Waals surface area contributed by atoms with Crippen molar-refractivity contribution in [2.24, 2.45) is 0 Å². The SMILES string of the molecule is CCOc1nc(Cl)nc(NCCC(=O)NCCOC)n1. The maximum atomic E-state index is 11.4. The Morgan fingerprint density at radius 3 is 2.80 bits per heavy atom. The van der Waals surface area contributed by atoms with E-state index in [0.29, 0.717) is 26.3 Å². The Morgan fingerprint density at radius 2 is 2.10 bits per heavy atom. The zero-order chi connectivity index (χ0) is 14.8. The normalized spacial score (nSPS) is 10.2. The highest BCUT2D eigenvalue weighted by Crippen LogP contribution is 2.11. The van der Waals surface area contributed by atoms with Gasteiger partial charge in [-0.05, 0) is 18.5 Å². The van der Waals surface area contributed by atoms with E-state index in [0.717, 1.165) is 0 Å². The van der Waals surface area contributed by atoms with Gasteiger partial charge >= 0.3 is 6.01 Å². The Labute approximate surface area is 122 Å². The number of rotatable bonds is 9. The zero-order valence-corrected chi connectivity index (χ0v) is 12.2. The van der Waals surface area contributed by atoms with Crippen LogP contribution in [0.25, 0.3) is 0 Å². The van der Waals surface area contributed by atoms with Crippen LogP contribution in [0.3, 0.4) is 0 Å². The molecule has 0 aromatic carbocycles. The molecule has 8 nitrogen and oxygen atoms in total. The molecule has 0 radical (unpaired) electrons. The summed E-state index contributed by atoms with van der Waals surface area (Å²) in [6.07, 6.45) is 0.289. The number of hydrogen-bond donors (Lipinski definition) is 2. The standard InChI is InChI=1S/C11H18ClN5O3/c1-3-20-11-16-9(12)15-10(17-11)14-5-4-8(18)13-6-7-19-2/h3-7H2,1-2H3,(H,13,18)(H,14,15,16,17). The fourth-order valence-electron chi connectivity index (χ4n) is 1.27. The minimum atomic E-state index is -0.0836. The van der Waals surface area contributed by atoms with Gasteiger partial charge in [0.25, 0.3) is 0 Å². The molecule has 20 heavy (non-hydrogen) atoms. The molecule has 0 atom stereocenters. The number of nitrogens with one attached hydrogen (secondary N) is 2. The van der Waals surface area contributed by atoms with Crippen molar-refractivity contribution in [3.8, 4) is 6.01 Å². The molecular formula is C11H18ClN5O3. The van der Waals surface area contributed by atoms with Crippen LogP contribution in [0.1, 0.15) is 13.3 Å². The van der Waals surface area contributed by atoms with Crippen molar-refractivity contribution in [1.82, 2.24) is 20.3 Å². The molecule has 2 N–H and O–H groups in total. The van der Waals surface area contributed by atoms with Crippen LogP contribution in [0, 0.1) is 0 Å².